The summed E-state index contributed by atoms with van der Waals surface area (Å²) in [6, 6.07) is 1.97. The minimum atomic E-state index is 0.0677. The molecular formula is C13H23NOS. The second-order valence-electron chi connectivity index (χ2n) is 3.87. The quantitative estimate of drug-likeness (QED) is 0.852. The summed E-state index contributed by atoms with van der Waals surface area (Å²) in [5.41, 5.74) is 1.07. The molecule has 16 heavy (non-hydrogen) atoms. The maximum atomic E-state index is 11.6. The molecule has 0 bridgehead atoms. The van der Waals surface area contributed by atoms with Crippen LogP contribution in [-0.4, -0.2) is 12.5 Å². The van der Waals surface area contributed by atoms with E-state index < -0.39 is 0 Å². The van der Waals surface area contributed by atoms with Gasteiger partial charge in [0.25, 0.3) is 5.91 Å². The monoisotopic (exact) mass is 241 g/mol. The Bertz CT molecular complexity index is 305. The van der Waals surface area contributed by atoms with Crippen molar-refractivity contribution in [1.82, 2.24) is 5.32 Å². The lowest BCUT2D eigenvalue weighted by molar-refractivity contribution is 0.0955. The molecule has 0 unspecified atom stereocenters. The predicted molar refractivity (Wildman–Crippen MR) is 72.2 cm³/mol. The van der Waals surface area contributed by atoms with Crippen molar-refractivity contribution >= 4 is 17.2 Å². The van der Waals surface area contributed by atoms with Crippen molar-refractivity contribution in [3.05, 3.63) is 21.9 Å². The molecule has 0 spiro atoms. The molecule has 0 fully saturated rings. The summed E-state index contributed by atoms with van der Waals surface area (Å²) in [7, 11) is 0. The fourth-order valence-corrected chi connectivity index (χ4v) is 2.00. The van der Waals surface area contributed by atoms with Crippen LogP contribution < -0.4 is 5.32 Å². The average molecular weight is 241 g/mol. The lowest BCUT2D eigenvalue weighted by Gasteiger charge is -2.06. The van der Waals surface area contributed by atoms with E-state index in [1.54, 1.807) is 0 Å². The average Bonchev–Trinajstić information content (AvgIpc) is 2.67. The van der Waals surface area contributed by atoms with Crippen molar-refractivity contribution < 1.29 is 4.79 Å². The molecule has 0 atom stereocenters. The van der Waals surface area contributed by atoms with Crippen LogP contribution in [0.5, 0.6) is 0 Å². The van der Waals surface area contributed by atoms with Crippen LogP contribution in [-0.2, 0) is 0 Å². The van der Waals surface area contributed by atoms with Gasteiger partial charge in [-0.3, -0.25) is 4.79 Å². The Kier molecular flexibility index (Phi) is 7.90. The molecule has 1 N–H and O–H groups in total. The second kappa shape index (κ2) is 8.34. The molecular weight excluding hydrogens is 218 g/mol. The van der Waals surface area contributed by atoms with Crippen molar-refractivity contribution in [3.8, 4) is 0 Å². The predicted octanol–water partition coefficient (Wildman–Crippen LogP) is 3.86. The molecule has 3 heteroatoms. The molecule has 0 saturated carbocycles. The molecule has 0 saturated heterocycles. The zero-order valence-electron chi connectivity index (χ0n) is 11.0. The lowest BCUT2D eigenvalue weighted by Crippen LogP contribution is -2.24. The van der Waals surface area contributed by atoms with Gasteiger partial charge >= 0.3 is 0 Å². The minimum Gasteiger partial charge on any atom is -0.351 e. The van der Waals surface area contributed by atoms with Crippen molar-refractivity contribution in [2.45, 2.75) is 41.0 Å². The van der Waals surface area contributed by atoms with Crippen molar-refractivity contribution in [1.29, 1.82) is 0 Å². The third-order valence-corrected chi connectivity index (χ3v) is 3.09. The van der Waals surface area contributed by atoms with E-state index in [4.69, 9.17) is 0 Å². The van der Waals surface area contributed by atoms with E-state index in [9.17, 15) is 4.79 Å². The Morgan fingerprint density at radius 1 is 1.44 bits per heavy atom. The Balaban J connectivity index is 0.00000106. The van der Waals surface area contributed by atoms with Crippen LogP contribution in [0.3, 0.4) is 0 Å². The van der Waals surface area contributed by atoms with Crippen molar-refractivity contribution in [2.75, 3.05) is 6.54 Å². The highest BCUT2D eigenvalue weighted by atomic mass is 32.1. The van der Waals surface area contributed by atoms with Gasteiger partial charge in [-0.25, -0.2) is 0 Å². The number of rotatable bonds is 4. The highest BCUT2D eigenvalue weighted by Crippen LogP contribution is 2.14. The van der Waals surface area contributed by atoms with E-state index in [2.05, 4.69) is 19.2 Å². The Labute approximate surface area is 103 Å². The minimum absolute atomic E-state index is 0.0677. The van der Waals surface area contributed by atoms with Crippen molar-refractivity contribution in [3.63, 3.8) is 0 Å². The second-order valence-corrected chi connectivity index (χ2v) is 4.79. The number of amides is 1. The molecule has 0 aliphatic carbocycles. The highest BCUT2D eigenvalue weighted by Gasteiger charge is 2.09. The first kappa shape index (κ1) is 15.2. The molecule has 0 aliphatic heterocycles. The van der Waals surface area contributed by atoms with Crippen molar-refractivity contribution in [2.24, 2.45) is 5.92 Å². The topological polar surface area (TPSA) is 29.1 Å². The molecule has 0 aliphatic rings. The zero-order valence-corrected chi connectivity index (χ0v) is 11.8. The summed E-state index contributed by atoms with van der Waals surface area (Å²) in [5.74, 6) is 0.706. The van der Waals surface area contributed by atoms with Gasteiger partial charge in [0.1, 0.15) is 0 Å². The van der Waals surface area contributed by atoms with Gasteiger partial charge in [-0.05, 0) is 36.3 Å². The molecule has 1 amide bonds. The fraction of sp³-hybridized carbons (Fsp3) is 0.615. The highest BCUT2D eigenvalue weighted by molar-refractivity contribution is 7.12. The fourth-order valence-electron chi connectivity index (χ4n) is 1.16. The van der Waals surface area contributed by atoms with Gasteiger partial charge in [0.15, 0.2) is 0 Å². The number of nitrogens with one attached hydrogen (secondary N) is 1. The summed E-state index contributed by atoms with van der Waals surface area (Å²) in [5, 5.41) is 4.88. The molecule has 92 valence electrons. The van der Waals surface area contributed by atoms with Crippen LogP contribution in [0.2, 0.25) is 0 Å². The lowest BCUT2D eigenvalue weighted by atomic mass is 10.1. The van der Waals surface area contributed by atoms with Gasteiger partial charge in [0, 0.05) is 6.54 Å². The Morgan fingerprint density at radius 2 is 2.06 bits per heavy atom. The number of carbonyl (C=O) groups excluding carboxylic acids is 1. The molecule has 0 aromatic carbocycles. The third kappa shape index (κ3) is 5.31. The van der Waals surface area contributed by atoms with Gasteiger partial charge < -0.3 is 5.32 Å². The van der Waals surface area contributed by atoms with E-state index in [1.807, 2.05) is 32.2 Å². The molecule has 1 aromatic heterocycles. The summed E-state index contributed by atoms with van der Waals surface area (Å²) in [4.78, 5) is 12.4. The maximum absolute atomic E-state index is 11.6. The smallest absolute Gasteiger partial charge is 0.261 e. The molecule has 1 heterocycles. The standard InChI is InChI=1S/C11H17NOS.C2H6/c1-8(2)4-6-12-11(13)10-9(3)5-7-14-10;1-2/h5,7-8H,4,6H2,1-3H3,(H,12,13);1-2H3. The summed E-state index contributed by atoms with van der Waals surface area (Å²) >= 11 is 1.50. The number of carbonyl (C=O) groups is 1. The van der Waals surface area contributed by atoms with Crippen LogP contribution >= 0.6 is 11.3 Å². The Morgan fingerprint density at radius 3 is 2.50 bits per heavy atom. The molecule has 1 aromatic rings. The van der Waals surface area contributed by atoms with E-state index in [-0.39, 0.29) is 5.91 Å². The van der Waals surface area contributed by atoms with Gasteiger partial charge in [-0.2, -0.15) is 0 Å². The van der Waals surface area contributed by atoms with E-state index >= 15 is 0 Å². The van der Waals surface area contributed by atoms with Gasteiger partial charge in [-0.15, -0.1) is 11.3 Å². The van der Waals surface area contributed by atoms with Crippen LogP contribution in [0, 0.1) is 12.8 Å². The maximum Gasteiger partial charge on any atom is 0.261 e. The summed E-state index contributed by atoms with van der Waals surface area (Å²) in [6.45, 7) is 11.0. The number of hydrogen-bond acceptors (Lipinski definition) is 2. The summed E-state index contributed by atoms with van der Waals surface area (Å²) < 4.78 is 0. The van der Waals surface area contributed by atoms with Gasteiger partial charge in [0.2, 0.25) is 0 Å². The normalized spacial score (nSPS) is 9.62. The molecule has 2 nitrogen and oxygen atoms in total. The van der Waals surface area contributed by atoms with E-state index in [0.717, 1.165) is 23.4 Å². The van der Waals surface area contributed by atoms with Crippen LogP contribution in [0.15, 0.2) is 11.4 Å². The van der Waals surface area contributed by atoms with Crippen LogP contribution in [0.25, 0.3) is 0 Å². The zero-order chi connectivity index (χ0) is 12.6. The molecule has 0 radical (unpaired) electrons. The molecule has 1 rings (SSSR count). The number of aryl methyl sites for hydroxylation is 1. The largest absolute Gasteiger partial charge is 0.351 e. The number of thiophene rings is 1. The van der Waals surface area contributed by atoms with Crippen LogP contribution in [0.4, 0.5) is 0 Å². The van der Waals surface area contributed by atoms with E-state index in [0.29, 0.717) is 5.92 Å². The van der Waals surface area contributed by atoms with E-state index in [1.165, 1.54) is 11.3 Å². The number of hydrogen-bond donors (Lipinski definition) is 1. The SMILES string of the molecule is CC.Cc1ccsc1C(=O)NCCC(C)C. The first-order valence-corrected chi connectivity index (χ1v) is 6.81. The van der Waals surface area contributed by atoms with Gasteiger partial charge in [-0.1, -0.05) is 27.7 Å². The Hall–Kier alpha value is -0.830. The first-order valence-electron chi connectivity index (χ1n) is 5.93. The summed E-state index contributed by atoms with van der Waals surface area (Å²) in [6.07, 6.45) is 1.04. The van der Waals surface area contributed by atoms with Crippen LogP contribution in [0.1, 0.15) is 49.4 Å². The third-order valence-electron chi connectivity index (χ3n) is 2.08. The first-order chi connectivity index (χ1) is 7.61. The van der Waals surface area contributed by atoms with Gasteiger partial charge in [0.05, 0.1) is 4.88 Å².